The fraction of sp³-hybridized carbons (Fsp3) is 0.471. The second-order valence-electron chi connectivity index (χ2n) is 6.85. The highest BCUT2D eigenvalue weighted by Gasteiger charge is 2.20. The van der Waals surface area contributed by atoms with Crippen LogP contribution in [-0.4, -0.2) is 19.1 Å². The van der Waals surface area contributed by atoms with E-state index < -0.39 is 5.69 Å². The van der Waals surface area contributed by atoms with Crippen molar-refractivity contribution in [2.45, 2.75) is 40.8 Å². The predicted molar refractivity (Wildman–Crippen MR) is 97.6 cm³/mol. The number of aromatic amines is 1. The van der Waals surface area contributed by atoms with Gasteiger partial charge < -0.3 is 4.57 Å². The summed E-state index contributed by atoms with van der Waals surface area (Å²) in [5.74, 6) is 1.38. The maximum Gasteiger partial charge on any atom is 0.330 e. The first kappa shape index (κ1) is 16.7. The Morgan fingerprint density at radius 1 is 1.12 bits per heavy atom. The van der Waals surface area contributed by atoms with Gasteiger partial charge in [-0.1, -0.05) is 33.8 Å². The third-order valence-electron chi connectivity index (χ3n) is 3.72. The summed E-state index contributed by atoms with van der Waals surface area (Å²) in [5.41, 5.74) is 0.188. The Morgan fingerprint density at radius 2 is 1.79 bits per heavy atom. The zero-order valence-corrected chi connectivity index (χ0v) is 15.2. The van der Waals surface area contributed by atoms with Crippen LogP contribution in [0.1, 0.15) is 27.7 Å². The Hall–Kier alpha value is -2.15. The first-order valence-electron chi connectivity index (χ1n) is 8.15. The number of H-pyrrole nitrogens is 1. The zero-order chi connectivity index (χ0) is 17.4. The SMILES string of the molecule is CC(C)Cn1c(-c2cccs2)nc2c1c(=O)[nH]c(=O)n2CC(C)C. The number of hydrogen-bond acceptors (Lipinski definition) is 4. The van der Waals surface area contributed by atoms with Gasteiger partial charge in [0, 0.05) is 13.1 Å². The minimum atomic E-state index is -0.395. The van der Waals surface area contributed by atoms with Crippen molar-refractivity contribution in [3.05, 3.63) is 38.4 Å². The summed E-state index contributed by atoms with van der Waals surface area (Å²) in [7, 11) is 0. The van der Waals surface area contributed by atoms with E-state index in [2.05, 4.69) is 18.8 Å². The van der Waals surface area contributed by atoms with Gasteiger partial charge >= 0.3 is 5.69 Å². The van der Waals surface area contributed by atoms with Gasteiger partial charge in [-0.3, -0.25) is 14.3 Å². The number of thiophene rings is 1. The highest BCUT2D eigenvalue weighted by atomic mass is 32.1. The first-order chi connectivity index (χ1) is 11.4. The molecule has 0 unspecified atom stereocenters. The van der Waals surface area contributed by atoms with Crippen LogP contribution in [0.2, 0.25) is 0 Å². The monoisotopic (exact) mass is 346 g/mol. The van der Waals surface area contributed by atoms with Gasteiger partial charge in [0.25, 0.3) is 5.56 Å². The van der Waals surface area contributed by atoms with Crippen LogP contribution in [0.15, 0.2) is 27.1 Å². The number of nitrogens with zero attached hydrogens (tertiary/aromatic N) is 3. The molecule has 0 aliphatic rings. The summed E-state index contributed by atoms with van der Waals surface area (Å²) in [4.78, 5) is 32.9. The average molecular weight is 346 g/mol. The molecule has 7 heteroatoms. The van der Waals surface area contributed by atoms with Gasteiger partial charge in [0.2, 0.25) is 0 Å². The minimum Gasteiger partial charge on any atom is -0.317 e. The van der Waals surface area contributed by atoms with Crippen molar-refractivity contribution >= 4 is 22.5 Å². The molecule has 3 rings (SSSR count). The number of fused-ring (bicyclic) bond motifs is 1. The van der Waals surface area contributed by atoms with Gasteiger partial charge in [-0.2, -0.15) is 0 Å². The number of imidazole rings is 1. The normalized spacial score (nSPS) is 11.9. The fourth-order valence-corrected chi connectivity index (χ4v) is 3.57. The fourth-order valence-electron chi connectivity index (χ4n) is 2.84. The van der Waals surface area contributed by atoms with Crippen LogP contribution in [0.4, 0.5) is 0 Å². The molecule has 0 saturated heterocycles. The molecule has 0 aliphatic heterocycles. The van der Waals surface area contributed by atoms with Gasteiger partial charge in [-0.05, 0) is 23.3 Å². The Kier molecular flexibility index (Phi) is 4.45. The molecule has 0 saturated carbocycles. The molecule has 0 amide bonds. The van der Waals surface area contributed by atoms with Crippen molar-refractivity contribution in [2.75, 3.05) is 0 Å². The van der Waals surface area contributed by atoms with Crippen molar-refractivity contribution in [1.29, 1.82) is 0 Å². The van der Waals surface area contributed by atoms with E-state index in [1.807, 2.05) is 35.9 Å². The third kappa shape index (κ3) is 2.96. The van der Waals surface area contributed by atoms with E-state index in [4.69, 9.17) is 4.98 Å². The Morgan fingerprint density at radius 3 is 2.38 bits per heavy atom. The standard InChI is InChI=1S/C17H22N4O2S/c1-10(2)8-20-13-15(18-14(20)12-6-5-7-24-12)21(9-11(3)4)17(23)19-16(13)22/h5-7,10-11H,8-9H2,1-4H3,(H,19,22,23). The topological polar surface area (TPSA) is 72.7 Å². The average Bonchev–Trinajstić information content (AvgIpc) is 3.10. The summed E-state index contributed by atoms with van der Waals surface area (Å²) in [5, 5.41) is 1.99. The van der Waals surface area contributed by atoms with E-state index in [9.17, 15) is 9.59 Å². The minimum absolute atomic E-state index is 0.275. The second kappa shape index (κ2) is 6.39. The summed E-state index contributed by atoms with van der Waals surface area (Å²) in [6, 6.07) is 3.95. The lowest BCUT2D eigenvalue weighted by molar-refractivity contribution is 0.512. The van der Waals surface area contributed by atoms with Crippen LogP contribution in [0.5, 0.6) is 0 Å². The smallest absolute Gasteiger partial charge is 0.317 e. The summed E-state index contributed by atoms with van der Waals surface area (Å²) < 4.78 is 3.52. The molecule has 0 bridgehead atoms. The van der Waals surface area contributed by atoms with E-state index in [1.165, 1.54) is 0 Å². The lowest BCUT2D eigenvalue weighted by atomic mass is 10.2. The molecular weight excluding hydrogens is 324 g/mol. The molecule has 3 heterocycles. The molecule has 0 fully saturated rings. The molecule has 0 atom stereocenters. The highest BCUT2D eigenvalue weighted by molar-refractivity contribution is 7.13. The molecule has 3 aromatic heterocycles. The Bertz CT molecular complexity index is 961. The number of rotatable bonds is 5. The lowest BCUT2D eigenvalue weighted by Gasteiger charge is -2.11. The van der Waals surface area contributed by atoms with E-state index in [1.54, 1.807) is 15.9 Å². The van der Waals surface area contributed by atoms with Gasteiger partial charge in [0.1, 0.15) is 0 Å². The molecule has 1 N–H and O–H groups in total. The van der Waals surface area contributed by atoms with E-state index in [0.717, 1.165) is 10.7 Å². The number of nitrogens with one attached hydrogen (secondary N) is 1. The molecular formula is C17H22N4O2S. The van der Waals surface area contributed by atoms with Crippen LogP contribution < -0.4 is 11.2 Å². The quantitative estimate of drug-likeness (QED) is 0.772. The third-order valence-corrected chi connectivity index (χ3v) is 4.59. The van der Waals surface area contributed by atoms with Crippen LogP contribution in [-0.2, 0) is 13.1 Å². The summed E-state index contributed by atoms with van der Waals surface area (Å²) >= 11 is 1.58. The van der Waals surface area contributed by atoms with Crippen molar-refractivity contribution in [3.63, 3.8) is 0 Å². The largest absolute Gasteiger partial charge is 0.330 e. The molecule has 128 valence electrons. The molecule has 0 aliphatic carbocycles. The molecule has 0 radical (unpaired) electrons. The van der Waals surface area contributed by atoms with Gasteiger partial charge in [0.05, 0.1) is 4.88 Å². The predicted octanol–water partition coefficient (Wildman–Crippen LogP) is 2.93. The Balaban J connectivity index is 2.38. The second-order valence-corrected chi connectivity index (χ2v) is 7.80. The Labute approximate surface area is 143 Å². The molecule has 24 heavy (non-hydrogen) atoms. The van der Waals surface area contributed by atoms with Gasteiger partial charge in [-0.15, -0.1) is 11.3 Å². The van der Waals surface area contributed by atoms with Gasteiger partial charge in [-0.25, -0.2) is 9.78 Å². The first-order valence-corrected chi connectivity index (χ1v) is 9.03. The van der Waals surface area contributed by atoms with Crippen molar-refractivity contribution in [1.82, 2.24) is 19.1 Å². The molecule has 3 aromatic rings. The van der Waals surface area contributed by atoms with Gasteiger partial charge in [0.15, 0.2) is 17.0 Å². The lowest BCUT2D eigenvalue weighted by Crippen LogP contribution is -2.32. The maximum atomic E-state index is 12.5. The molecule has 0 aromatic carbocycles. The summed E-state index contributed by atoms with van der Waals surface area (Å²) in [6.07, 6.45) is 0. The van der Waals surface area contributed by atoms with Crippen molar-refractivity contribution in [3.8, 4) is 10.7 Å². The van der Waals surface area contributed by atoms with Crippen LogP contribution >= 0.6 is 11.3 Å². The zero-order valence-electron chi connectivity index (χ0n) is 14.4. The van der Waals surface area contributed by atoms with Crippen molar-refractivity contribution in [2.24, 2.45) is 11.8 Å². The number of aromatic nitrogens is 4. The maximum absolute atomic E-state index is 12.5. The molecule has 6 nitrogen and oxygen atoms in total. The van der Waals surface area contributed by atoms with E-state index in [-0.39, 0.29) is 11.5 Å². The van der Waals surface area contributed by atoms with E-state index in [0.29, 0.717) is 30.2 Å². The van der Waals surface area contributed by atoms with Crippen LogP contribution in [0.3, 0.4) is 0 Å². The van der Waals surface area contributed by atoms with Crippen LogP contribution in [0.25, 0.3) is 21.9 Å². The van der Waals surface area contributed by atoms with Crippen molar-refractivity contribution < 1.29 is 0 Å². The van der Waals surface area contributed by atoms with E-state index >= 15 is 0 Å². The highest BCUT2D eigenvalue weighted by Crippen LogP contribution is 2.27. The summed E-state index contributed by atoms with van der Waals surface area (Å²) in [6.45, 7) is 9.47. The molecule has 0 spiro atoms. The van der Waals surface area contributed by atoms with Crippen LogP contribution in [0, 0.1) is 11.8 Å². The number of hydrogen-bond donors (Lipinski definition) is 1.